The van der Waals surface area contributed by atoms with Crippen LogP contribution in [0.5, 0.6) is 5.75 Å². The number of aromatic nitrogens is 2. The van der Waals surface area contributed by atoms with Gasteiger partial charge in [-0.05, 0) is 24.6 Å². The Hall–Kier alpha value is -2.12. The van der Waals surface area contributed by atoms with Crippen LogP contribution in [0.15, 0.2) is 18.2 Å². The Labute approximate surface area is 134 Å². The highest BCUT2D eigenvalue weighted by Crippen LogP contribution is 2.34. The molecule has 7 nitrogen and oxygen atoms in total. The Kier molecular flexibility index (Phi) is 4.23. The van der Waals surface area contributed by atoms with E-state index >= 15 is 0 Å². The Morgan fingerprint density at radius 1 is 1.30 bits per heavy atom. The van der Waals surface area contributed by atoms with Gasteiger partial charge in [-0.1, -0.05) is 0 Å². The number of H-pyrrole nitrogens is 1. The maximum absolute atomic E-state index is 13.0. The number of amides is 1. The zero-order chi connectivity index (χ0) is 16.4. The van der Waals surface area contributed by atoms with Crippen LogP contribution in [0, 0.1) is 0 Å². The molecular weight excluding hydrogens is 298 g/mol. The molecular formula is C16H21N3O4. The molecule has 0 unspecified atom stereocenters. The van der Waals surface area contributed by atoms with Crippen molar-refractivity contribution >= 4 is 16.8 Å². The minimum absolute atomic E-state index is 0.121. The topological polar surface area (TPSA) is 76.7 Å². The van der Waals surface area contributed by atoms with Gasteiger partial charge < -0.3 is 19.1 Å². The van der Waals surface area contributed by atoms with E-state index in [1.54, 1.807) is 26.2 Å². The van der Waals surface area contributed by atoms with Crippen molar-refractivity contribution in [1.82, 2.24) is 15.1 Å². The molecule has 0 spiro atoms. The molecule has 1 amide bonds. The molecule has 0 atom stereocenters. The Bertz CT molecular complexity index is 706. The van der Waals surface area contributed by atoms with Crippen LogP contribution in [-0.4, -0.2) is 67.6 Å². The third-order valence-corrected chi connectivity index (χ3v) is 4.42. The Morgan fingerprint density at radius 3 is 2.61 bits per heavy atom. The van der Waals surface area contributed by atoms with E-state index in [1.807, 2.05) is 18.2 Å². The molecule has 1 aliphatic rings. The molecule has 1 aromatic carbocycles. The van der Waals surface area contributed by atoms with Crippen molar-refractivity contribution in [1.29, 1.82) is 0 Å². The molecule has 1 fully saturated rings. The van der Waals surface area contributed by atoms with E-state index in [1.165, 1.54) is 0 Å². The molecule has 1 N–H and O–H groups in total. The molecule has 0 radical (unpaired) electrons. The zero-order valence-corrected chi connectivity index (χ0v) is 13.6. The highest BCUT2D eigenvalue weighted by atomic mass is 16.5. The van der Waals surface area contributed by atoms with E-state index in [4.69, 9.17) is 14.2 Å². The summed E-state index contributed by atoms with van der Waals surface area (Å²) in [7, 11) is 4.86. The van der Waals surface area contributed by atoms with E-state index < -0.39 is 5.54 Å². The number of carbonyl (C=O) groups is 1. The van der Waals surface area contributed by atoms with Gasteiger partial charge in [-0.15, -0.1) is 0 Å². The molecule has 2 aromatic rings. The molecule has 0 saturated carbocycles. The summed E-state index contributed by atoms with van der Waals surface area (Å²) < 4.78 is 15.8. The van der Waals surface area contributed by atoms with E-state index in [9.17, 15) is 4.79 Å². The lowest BCUT2D eigenvalue weighted by atomic mass is 9.85. The van der Waals surface area contributed by atoms with Gasteiger partial charge in [0, 0.05) is 26.2 Å². The van der Waals surface area contributed by atoms with Crippen LogP contribution in [-0.2, 0) is 9.47 Å². The van der Waals surface area contributed by atoms with Crippen LogP contribution < -0.4 is 4.74 Å². The smallest absolute Gasteiger partial charge is 0.275 e. The second kappa shape index (κ2) is 6.17. The van der Waals surface area contributed by atoms with Gasteiger partial charge in [0.2, 0.25) is 0 Å². The number of methoxy groups -OCH3 is 3. The summed E-state index contributed by atoms with van der Waals surface area (Å²) in [5, 5.41) is 7.86. The zero-order valence-electron chi connectivity index (χ0n) is 13.6. The van der Waals surface area contributed by atoms with Crippen molar-refractivity contribution in [2.45, 2.75) is 12.0 Å². The van der Waals surface area contributed by atoms with Gasteiger partial charge in [-0.25, -0.2) is 0 Å². The van der Waals surface area contributed by atoms with Crippen LogP contribution in [0.2, 0.25) is 0 Å². The largest absolute Gasteiger partial charge is 0.497 e. The number of benzene rings is 1. The third-order valence-electron chi connectivity index (χ3n) is 4.42. The average Bonchev–Trinajstić information content (AvgIpc) is 2.96. The van der Waals surface area contributed by atoms with E-state index in [0.29, 0.717) is 31.2 Å². The number of hydrogen-bond donors (Lipinski definition) is 1. The monoisotopic (exact) mass is 319 g/mol. The number of nitrogens with one attached hydrogen (secondary N) is 1. The third kappa shape index (κ3) is 2.55. The van der Waals surface area contributed by atoms with Crippen molar-refractivity contribution in [3.05, 3.63) is 23.9 Å². The summed E-state index contributed by atoms with van der Waals surface area (Å²) in [5.41, 5.74) is 0.791. The van der Waals surface area contributed by atoms with Gasteiger partial charge in [0.25, 0.3) is 5.91 Å². The summed E-state index contributed by atoms with van der Waals surface area (Å²) in [6.07, 6.45) is 0.853. The van der Waals surface area contributed by atoms with Gasteiger partial charge in [0.05, 0.1) is 31.4 Å². The first-order valence-corrected chi connectivity index (χ1v) is 7.47. The first kappa shape index (κ1) is 15.8. The number of rotatable bonds is 6. The fraction of sp³-hybridized carbons (Fsp3) is 0.500. The van der Waals surface area contributed by atoms with Crippen molar-refractivity contribution < 1.29 is 19.0 Å². The van der Waals surface area contributed by atoms with Crippen molar-refractivity contribution in [2.24, 2.45) is 0 Å². The maximum Gasteiger partial charge on any atom is 0.275 e. The molecule has 1 saturated heterocycles. The number of fused-ring (bicyclic) bond motifs is 1. The van der Waals surface area contributed by atoms with Crippen LogP contribution in [0.25, 0.3) is 10.9 Å². The van der Waals surface area contributed by atoms with Crippen LogP contribution in [0.1, 0.15) is 16.9 Å². The number of hydrogen-bond acceptors (Lipinski definition) is 5. The lowest BCUT2D eigenvalue weighted by molar-refractivity contribution is -0.0817. The Morgan fingerprint density at radius 2 is 2.04 bits per heavy atom. The van der Waals surface area contributed by atoms with Crippen LogP contribution >= 0.6 is 0 Å². The number of likely N-dealkylation sites (tertiary alicyclic amines) is 1. The highest BCUT2D eigenvalue weighted by molar-refractivity contribution is 6.05. The number of ether oxygens (including phenoxy) is 3. The van der Waals surface area contributed by atoms with Crippen LogP contribution in [0.3, 0.4) is 0 Å². The molecule has 7 heteroatoms. The quantitative estimate of drug-likeness (QED) is 0.872. The SMILES string of the molecule is COCC1(COC)CCN1C(=O)c1n[nH]c2ccc(OC)cc12. The molecule has 2 heterocycles. The molecule has 0 bridgehead atoms. The summed E-state index contributed by atoms with van der Waals surface area (Å²) in [5.74, 6) is 0.571. The van der Waals surface area contributed by atoms with Gasteiger partial charge in [-0.3, -0.25) is 9.89 Å². The predicted molar refractivity (Wildman–Crippen MR) is 84.8 cm³/mol. The lowest BCUT2D eigenvalue weighted by Crippen LogP contribution is -2.66. The fourth-order valence-corrected chi connectivity index (χ4v) is 3.15. The summed E-state index contributed by atoms with van der Waals surface area (Å²) in [6, 6.07) is 5.50. The standard InChI is InChI=1S/C16H21N3O4/c1-21-9-16(10-22-2)6-7-19(16)15(20)14-12-8-11(23-3)4-5-13(12)17-18-14/h4-5,8H,6-7,9-10H2,1-3H3,(H,17,18). The molecule has 0 aliphatic carbocycles. The summed E-state index contributed by atoms with van der Waals surface area (Å²) in [4.78, 5) is 14.7. The minimum Gasteiger partial charge on any atom is -0.497 e. The molecule has 1 aromatic heterocycles. The van der Waals surface area contributed by atoms with Crippen molar-refractivity contribution in [2.75, 3.05) is 41.1 Å². The molecule has 3 rings (SSSR count). The van der Waals surface area contributed by atoms with E-state index in [-0.39, 0.29) is 5.91 Å². The van der Waals surface area contributed by atoms with E-state index in [2.05, 4.69) is 10.2 Å². The summed E-state index contributed by atoms with van der Waals surface area (Å²) in [6.45, 7) is 1.56. The van der Waals surface area contributed by atoms with Crippen LogP contribution in [0.4, 0.5) is 0 Å². The summed E-state index contributed by atoms with van der Waals surface area (Å²) >= 11 is 0. The predicted octanol–water partition coefficient (Wildman–Crippen LogP) is 1.45. The minimum atomic E-state index is -0.412. The first-order valence-electron chi connectivity index (χ1n) is 7.47. The van der Waals surface area contributed by atoms with E-state index in [0.717, 1.165) is 17.3 Å². The second-order valence-corrected chi connectivity index (χ2v) is 5.78. The van der Waals surface area contributed by atoms with Gasteiger partial charge in [0.1, 0.15) is 5.75 Å². The van der Waals surface area contributed by atoms with Gasteiger partial charge in [-0.2, -0.15) is 5.10 Å². The average molecular weight is 319 g/mol. The first-order chi connectivity index (χ1) is 11.1. The van der Waals surface area contributed by atoms with Gasteiger partial charge >= 0.3 is 0 Å². The number of aromatic amines is 1. The lowest BCUT2D eigenvalue weighted by Gasteiger charge is -2.51. The Balaban J connectivity index is 1.94. The fourth-order valence-electron chi connectivity index (χ4n) is 3.15. The second-order valence-electron chi connectivity index (χ2n) is 5.78. The normalized spacial score (nSPS) is 16.4. The molecule has 23 heavy (non-hydrogen) atoms. The van der Waals surface area contributed by atoms with Crippen molar-refractivity contribution in [3.8, 4) is 5.75 Å². The van der Waals surface area contributed by atoms with Gasteiger partial charge in [0.15, 0.2) is 5.69 Å². The number of nitrogens with zero attached hydrogens (tertiary/aromatic N) is 2. The molecule has 1 aliphatic heterocycles. The maximum atomic E-state index is 13.0. The number of carbonyl (C=O) groups excluding carboxylic acids is 1. The highest BCUT2D eigenvalue weighted by Gasteiger charge is 2.48. The molecule has 124 valence electrons. The van der Waals surface area contributed by atoms with Crippen molar-refractivity contribution in [3.63, 3.8) is 0 Å².